The van der Waals surface area contributed by atoms with Crippen molar-refractivity contribution in [3.8, 4) is 5.75 Å². The fraction of sp³-hybridized carbons (Fsp3) is 0.333. The maximum Gasteiger partial charge on any atom is 0.416 e. The zero-order valence-electron chi connectivity index (χ0n) is 9.47. The summed E-state index contributed by atoms with van der Waals surface area (Å²) in [7, 11) is 0. The quantitative estimate of drug-likeness (QED) is 0.818. The molecule has 0 fully saturated rings. The summed E-state index contributed by atoms with van der Waals surface area (Å²) < 4.78 is 38.7. The van der Waals surface area contributed by atoms with Crippen molar-refractivity contribution in [3.05, 3.63) is 40.4 Å². The molecule has 0 amide bonds. The van der Waals surface area contributed by atoms with Gasteiger partial charge in [-0.2, -0.15) is 13.2 Å². The fourth-order valence-corrected chi connectivity index (χ4v) is 1.99. The highest BCUT2D eigenvalue weighted by Crippen LogP contribution is 2.42. The van der Waals surface area contributed by atoms with Crippen LogP contribution < -0.4 is 5.73 Å². The monoisotopic (exact) mass is 323 g/mol. The lowest BCUT2D eigenvalue weighted by atomic mass is 9.96. The molecule has 1 atom stereocenters. The van der Waals surface area contributed by atoms with Gasteiger partial charge in [0, 0.05) is 11.6 Å². The van der Waals surface area contributed by atoms with E-state index in [1.54, 1.807) is 6.08 Å². The molecule has 0 aliphatic rings. The van der Waals surface area contributed by atoms with Crippen molar-refractivity contribution in [3.63, 3.8) is 0 Å². The zero-order chi connectivity index (χ0) is 13.9. The van der Waals surface area contributed by atoms with Crippen LogP contribution in [-0.4, -0.2) is 5.11 Å². The standard InChI is InChI=1S/C12H13BrF3NO/c1-2-3-4-9(17)10-7(12(14,15)16)5-6-8(13)11(10)18/h2,5-6,9,18H,1,3-4,17H2/t9-/m1/s1. The second kappa shape index (κ2) is 5.75. The van der Waals surface area contributed by atoms with Gasteiger partial charge in [0.2, 0.25) is 0 Å². The van der Waals surface area contributed by atoms with Gasteiger partial charge in [0.05, 0.1) is 10.0 Å². The highest BCUT2D eigenvalue weighted by molar-refractivity contribution is 9.10. The molecule has 6 heteroatoms. The summed E-state index contributed by atoms with van der Waals surface area (Å²) in [4.78, 5) is 0. The number of phenols is 1. The van der Waals surface area contributed by atoms with Gasteiger partial charge in [-0.1, -0.05) is 6.08 Å². The van der Waals surface area contributed by atoms with Gasteiger partial charge in [-0.15, -0.1) is 6.58 Å². The third-order valence-electron chi connectivity index (χ3n) is 2.53. The predicted octanol–water partition coefficient (Wildman–Crippen LogP) is 4.14. The Morgan fingerprint density at radius 2 is 2.06 bits per heavy atom. The van der Waals surface area contributed by atoms with Crippen LogP contribution in [0.4, 0.5) is 13.2 Å². The summed E-state index contributed by atoms with van der Waals surface area (Å²) in [6.07, 6.45) is -2.21. The Hall–Kier alpha value is -1.01. The number of alkyl halides is 3. The number of nitrogens with two attached hydrogens (primary N) is 1. The number of aromatic hydroxyl groups is 1. The molecule has 18 heavy (non-hydrogen) atoms. The average Bonchev–Trinajstić information content (AvgIpc) is 2.27. The molecule has 0 spiro atoms. The molecule has 0 heterocycles. The van der Waals surface area contributed by atoms with Gasteiger partial charge in [0.25, 0.3) is 0 Å². The molecule has 0 aliphatic heterocycles. The van der Waals surface area contributed by atoms with Crippen molar-refractivity contribution < 1.29 is 18.3 Å². The van der Waals surface area contributed by atoms with Gasteiger partial charge < -0.3 is 10.8 Å². The van der Waals surface area contributed by atoms with Crippen molar-refractivity contribution in [1.29, 1.82) is 0 Å². The van der Waals surface area contributed by atoms with E-state index in [0.29, 0.717) is 6.42 Å². The minimum Gasteiger partial charge on any atom is -0.506 e. The summed E-state index contributed by atoms with van der Waals surface area (Å²) in [6.45, 7) is 3.49. The van der Waals surface area contributed by atoms with E-state index in [2.05, 4.69) is 22.5 Å². The predicted molar refractivity (Wildman–Crippen MR) is 67.2 cm³/mol. The molecule has 0 saturated carbocycles. The van der Waals surface area contributed by atoms with E-state index in [0.717, 1.165) is 12.1 Å². The molecule has 0 aliphatic carbocycles. The highest BCUT2D eigenvalue weighted by Gasteiger charge is 2.36. The first kappa shape index (κ1) is 15.0. The van der Waals surface area contributed by atoms with Crippen LogP contribution >= 0.6 is 15.9 Å². The van der Waals surface area contributed by atoms with Crippen LogP contribution in [0.2, 0.25) is 0 Å². The van der Waals surface area contributed by atoms with Crippen LogP contribution in [0, 0.1) is 0 Å². The van der Waals surface area contributed by atoms with E-state index in [1.165, 1.54) is 0 Å². The van der Waals surface area contributed by atoms with E-state index in [1.807, 2.05) is 0 Å². The van der Waals surface area contributed by atoms with E-state index >= 15 is 0 Å². The molecule has 0 radical (unpaired) electrons. The van der Waals surface area contributed by atoms with Crippen molar-refractivity contribution in [2.45, 2.75) is 25.1 Å². The van der Waals surface area contributed by atoms with Crippen LogP contribution in [0.1, 0.15) is 30.0 Å². The van der Waals surface area contributed by atoms with Crippen LogP contribution in [0.3, 0.4) is 0 Å². The normalized spacial score (nSPS) is 13.4. The largest absolute Gasteiger partial charge is 0.506 e. The number of hydrogen-bond acceptors (Lipinski definition) is 2. The summed E-state index contributed by atoms with van der Waals surface area (Å²) in [5.74, 6) is -0.457. The first-order valence-corrected chi connectivity index (χ1v) is 6.03. The van der Waals surface area contributed by atoms with Gasteiger partial charge >= 0.3 is 6.18 Å². The first-order chi connectivity index (χ1) is 8.29. The molecule has 0 aromatic heterocycles. The Bertz CT molecular complexity index is 446. The van der Waals surface area contributed by atoms with Gasteiger partial charge in [-0.3, -0.25) is 0 Å². The number of benzene rings is 1. The lowest BCUT2D eigenvalue weighted by Crippen LogP contribution is -2.17. The van der Waals surface area contributed by atoms with Gasteiger partial charge in [-0.25, -0.2) is 0 Å². The molecular weight excluding hydrogens is 311 g/mol. The van der Waals surface area contributed by atoms with Crippen LogP contribution in [0.25, 0.3) is 0 Å². The Morgan fingerprint density at radius 1 is 1.44 bits per heavy atom. The van der Waals surface area contributed by atoms with E-state index < -0.39 is 23.5 Å². The molecule has 2 nitrogen and oxygen atoms in total. The van der Waals surface area contributed by atoms with Crippen molar-refractivity contribution in [1.82, 2.24) is 0 Å². The van der Waals surface area contributed by atoms with Crippen LogP contribution in [0.15, 0.2) is 29.3 Å². The Balaban J connectivity index is 3.29. The smallest absolute Gasteiger partial charge is 0.416 e. The fourth-order valence-electron chi connectivity index (χ4n) is 1.65. The molecule has 0 unspecified atom stereocenters. The lowest BCUT2D eigenvalue weighted by molar-refractivity contribution is -0.138. The van der Waals surface area contributed by atoms with Crippen molar-refractivity contribution in [2.24, 2.45) is 5.73 Å². The molecule has 1 rings (SSSR count). The first-order valence-electron chi connectivity index (χ1n) is 5.24. The summed E-state index contributed by atoms with van der Waals surface area (Å²) >= 11 is 2.99. The third kappa shape index (κ3) is 3.26. The molecular formula is C12H13BrF3NO. The van der Waals surface area contributed by atoms with E-state index in [9.17, 15) is 18.3 Å². The summed E-state index contributed by atoms with van der Waals surface area (Å²) in [6, 6.07) is 1.17. The maximum absolute atomic E-state index is 12.8. The number of hydrogen-bond donors (Lipinski definition) is 2. The van der Waals surface area contributed by atoms with Gasteiger partial charge in [0.15, 0.2) is 0 Å². The molecule has 0 saturated heterocycles. The van der Waals surface area contributed by atoms with Crippen LogP contribution in [-0.2, 0) is 6.18 Å². The molecule has 3 N–H and O–H groups in total. The van der Waals surface area contributed by atoms with Gasteiger partial charge in [-0.05, 0) is 40.9 Å². The Kier molecular flexibility index (Phi) is 4.81. The maximum atomic E-state index is 12.8. The molecule has 1 aromatic rings. The minimum atomic E-state index is -4.54. The number of allylic oxidation sites excluding steroid dienone is 1. The number of phenolic OH excluding ortho intramolecular Hbond substituents is 1. The van der Waals surface area contributed by atoms with Crippen molar-refractivity contribution in [2.75, 3.05) is 0 Å². The highest BCUT2D eigenvalue weighted by atomic mass is 79.9. The molecule has 1 aromatic carbocycles. The SMILES string of the molecule is C=CCC[C@@H](N)c1c(C(F)(F)F)ccc(Br)c1O. The van der Waals surface area contributed by atoms with E-state index in [4.69, 9.17) is 5.73 Å². The Morgan fingerprint density at radius 3 is 2.56 bits per heavy atom. The third-order valence-corrected chi connectivity index (χ3v) is 3.17. The van der Waals surface area contributed by atoms with Crippen molar-refractivity contribution >= 4 is 15.9 Å². The number of halogens is 4. The van der Waals surface area contributed by atoms with Crippen LogP contribution in [0.5, 0.6) is 5.75 Å². The van der Waals surface area contributed by atoms with E-state index in [-0.39, 0.29) is 16.5 Å². The lowest BCUT2D eigenvalue weighted by Gasteiger charge is -2.20. The summed E-state index contributed by atoms with van der Waals surface area (Å²) in [5.41, 5.74) is 4.54. The molecule has 0 bridgehead atoms. The minimum absolute atomic E-state index is 0.194. The average molecular weight is 324 g/mol. The topological polar surface area (TPSA) is 46.2 Å². The second-order valence-corrected chi connectivity index (χ2v) is 4.68. The summed E-state index contributed by atoms with van der Waals surface area (Å²) in [5, 5.41) is 9.76. The molecule has 100 valence electrons. The number of rotatable bonds is 4. The Labute approximate surface area is 111 Å². The second-order valence-electron chi connectivity index (χ2n) is 3.83. The van der Waals surface area contributed by atoms with Gasteiger partial charge in [0.1, 0.15) is 5.75 Å². The zero-order valence-corrected chi connectivity index (χ0v) is 11.1.